The summed E-state index contributed by atoms with van der Waals surface area (Å²) in [5.41, 5.74) is 0.572. The first-order valence-electron chi connectivity index (χ1n) is 7.60. The predicted molar refractivity (Wildman–Crippen MR) is 87.0 cm³/mol. The number of aliphatic hydroxyl groups excluding tert-OH is 1. The molecule has 1 atom stereocenters. The van der Waals surface area contributed by atoms with Gasteiger partial charge in [-0.15, -0.1) is 0 Å². The standard InChI is InChI=1S/C16H27N3O3/c1-12(19-15(21)22-16(2,3)4)7-8-13-6-5-9-17-14(13)18-10-11-20/h5-6,9,12,20H,7-8,10-11H2,1-4H3,(H,17,18)(H,19,21)/t12-/m1/s1. The lowest BCUT2D eigenvalue weighted by Crippen LogP contribution is -2.37. The fourth-order valence-electron chi connectivity index (χ4n) is 1.93. The van der Waals surface area contributed by atoms with Crippen LogP contribution in [0.4, 0.5) is 10.6 Å². The third kappa shape index (κ3) is 7.26. The lowest BCUT2D eigenvalue weighted by molar-refractivity contribution is 0.0506. The van der Waals surface area contributed by atoms with Crippen LogP contribution in [-0.2, 0) is 11.2 Å². The maximum atomic E-state index is 11.7. The van der Waals surface area contributed by atoms with Crippen molar-refractivity contribution in [1.82, 2.24) is 10.3 Å². The van der Waals surface area contributed by atoms with Crippen molar-refractivity contribution in [3.63, 3.8) is 0 Å². The Hall–Kier alpha value is -1.82. The van der Waals surface area contributed by atoms with Gasteiger partial charge in [0.05, 0.1) is 6.61 Å². The van der Waals surface area contributed by atoms with E-state index in [9.17, 15) is 4.79 Å². The molecular formula is C16H27N3O3. The molecule has 6 nitrogen and oxygen atoms in total. The van der Waals surface area contributed by atoms with Crippen LogP contribution < -0.4 is 10.6 Å². The third-order valence-electron chi connectivity index (χ3n) is 2.91. The van der Waals surface area contributed by atoms with E-state index in [1.54, 1.807) is 6.20 Å². The average molecular weight is 309 g/mol. The molecule has 0 aliphatic carbocycles. The molecule has 0 saturated carbocycles. The van der Waals surface area contributed by atoms with E-state index in [0.29, 0.717) is 6.54 Å². The summed E-state index contributed by atoms with van der Waals surface area (Å²) in [6, 6.07) is 3.87. The van der Waals surface area contributed by atoms with Crippen molar-refractivity contribution in [3.05, 3.63) is 23.9 Å². The van der Waals surface area contributed by atoms with Crippen molar-refractivity contribution in [2.24, 2.45) is 0 Å². The number of aryl methyl sites for hydroxylation is 1. The fraction of sp³-hybridized carbons (Fsp3) is 0.625. The van der Waals surface area contributed by atoms with Crippen LogP contribution in [0.5, 0.6) is 0 Å². The van der Waals surface area contributed by atoms with Gasteiger partial charge in [-0.25, -0.2) is 9.78 Å². The molecule has 0 radical (unpaired) electrons. The van der Waals surface area contributed by atoms with Gasteiger partial charge in [-0.3, -0.25) is 0 Å². The molecule has 0 bridgehead atoms. The molecule has 1 heterocycles. The van der Waals surface area contributed by atoms with Crippen LogP contribution >= 0.6 is 0 Å². The summed E-state index contributed by atoms with van der Waals surface area (Å²) in [6.45, 7) is 7.99. The first-order chi connectivity index (χ1) is 10.3. The number of ether oxygens (including phenoxy) is 1. The third-order valence-corrected chi connectivity index (χ3v) is 2.91. The molecule has 1 rings (SSSR count). The summed E-state index contributed by atoms with van der Waals surface area (Å²) < 4.78 is 5.23. The quantitative estimate of drug-likeness (QED) is 0.720. The van der Waals surface area contributed by atoms with Crippen LogP contribution in [0.3, 0.4) is 0 Å². The van der Waals surface area contributed by atoms with Crippen LogP contribution in [0.1, 0.15) is 39.7 Å². The highest BCUT2D eigenvalue weighted by Gasteiger charge is 2.17. The Bertz CT molecular complexity index is 472. The number of alkyl carbamates (subject to hydrolysis) is 1. The highest BCUT2D eigenvalue weighted by Crippen LogP contribution is 2.14. The Labute approximate surface area is 132 Å². The van der Waals surface area contributed by atoms with Gasteiger partial charge in [0, 0.05) is 18.8 Å². The van der Waals surface area contributed by atoms with Crippen LogP contribution in [0, 0.1) is 0 Å². The second-order valence-corrected chi connectivity index (χ2v) is 6.25. The van der Waals surface area contributed by atoms with Gasteiger partial charge in [0.25, 0.3) is 0 Å². The first kappa shape index (κ1) is 18.2. The Balaban J connectivity index is 2.47. The molecule has 0 spiro atoms. The van der Waals surface area contributed by atoms with E-state index in [2.05, 4.69) is 15.6 Å². The van der Waals surface area contributed by atoms with Crippen molar-refractivity contribution in [2.75, 3.05) is 18.5 Å². The number of nitrogens with one attached hydrogen (secondary N) is 2. The van der Waals surface area contributed by atoms with Crippen molar-refractivity contribution in [3.8, 4) is 0 Å². The fourth-order valence-corrected chi connectivity index (χ4v) is 1.93. The summed E-state index contributed by atoms with van der Waals surface area (Å²) in [5, 5.41) is 14.8. The predicted octanol–water partition coefficient (Wildman–Crippen LogP) is 2.33. The van der Waals surface area contributed by atoms with E-state index < -0.39 is 11.7 Å². The van der Waals surface area contributed by atoms with Gasteiger partial charge in [0.15, 0.2) is 0 Å². The largest absolute Gasteiger partial charge is 0.444 e. The molecule has 1 amide bonds. The molecule has 124 valence electrons. The number of anilines is 1. The molecule has 0 aromatic carbocycles. The van der Waals surface area contributed by atoms with E-state index >= 15 is 0 Å². The van der Waals surface area contributed by atoms with Gasteiger partial charge < -0.3 is 20.5 Å². The van der Waals surface area contributed by atoms with Crippen molar-refractivity contribution < 1.29 is 14.6 Å². The molecule has 0 fully saturated rings. The van der Waals surface area contributed by atoms with Gasteiger partial charge in [-0.05, 0) is 52.2 Å². The number of aromatic nitrogens is 1. The molecule has 0 saturated heterocycles. The summed E-state index contributed by atoms with van der Waals surface area (Å²) in [5.74, 6) is 0.779. The van der Waals surface area contributed by atoms with Crippen LogP contribution in [-0.4, -0.2) is 41.0 Å². The average Bonchev–Trinajstić information content (AvgIpc) is 2.41. The number of nitrogens with zero attached hydrogens (tertiary/aromatic N) is 1. The summed E-state index contributed by atoms with van der Waals surface area (Å²) in [6.07, 6.45) is 2.87. The monoisotopic (exact) mass is 309 g/mol. The molecule has 3 N–H and O–H groups in total. The zero-order chi connectivity index (χ0) is 16.6. The van der Waals surface area contributed by atoms with E-state index in [4.69, 9.17) is 9.84 Å². The minimum atomic E-state index is -0.492. The molecule has 0 unspecified atom stereocenters. The molecule has 1 aromatic heterocycles. The van der Waals surface area contributed by atoms with Gasteiger partial charge >= 0.3 is 6.09 Å². The van der Waals surface area contributed by atoms with Crippen molar-refractivity contribution >= 4 is 11.9 Å². The molecular weight excluding hydrogens is 282 g/mol. The number of hydrogen-bond acceptors (Lipinski definition) is 5. The molecule has 22 heavy (non-hydrogen) atoms. The minimum Gasteiger partial charge on any atom is -0.444 e. The summed E-state index contributed by atoms with van der Waals surface area (Å²) >= 11 is 0. The smallest absolute Gasteiger partial charge is 0.407 e. The van der Waals surface area contributed by atoms with Gasteiger partial charge in [0.2, 0.25) is 0 Å². The Morgan fingerprint density at radius 1 is 1.45 bits per heavy atom. The molecule has 0 aliphatic heterocycles. The summed E-state index contributed by atoms with van der Waals surface area (Å²) in [7, 11) is 0. The van der Waals surface area contributed by atoms with Gasteiger partial charge in [0.1, 0.15) is 11.4 Å². The highest BCUT2D eigenvalue weighted by molar-refractivity contribution is 5.68. The number of aliphatic hydroxyl groups is 1. The van der Waals surface area contributed by atoms with E-state index in [1.807, 2.05) is 39.8 Å². The minimum absolute atomic E-state index is 0.000693. The number of hydrogen-bond donors (Lipinski definition) is 3. The molecule has 6 heteroatoms. The maximum Gasteiger partial charge on any atom is 0.407 e. The van der Waals surface area contributed by atoms with Crippen LogP contribution in [0.25, 0.3) is 0 Å². The number of rotatable bonds is 7. The van der Waals surface area contributed by atoms with E-state index in [1.165, 1.54) is 0 Å². The zero-order valence-corrected chi connectivity index (χ0v) is 13.8. The lowest BCUT2D eigenvalue weighted by atomic mass is 10.1. The number of carbonyl (C=O) groups excluding carboxylic acids is 1. The Morgan fingerprint density at radius 3 is 2.82 bits per heavy atom. The topological polar surface area (TPSA) is 83.5 Å². The molecule has 0 aliphatic rings. The number of carbonyl (C=O) groups is 1. The van der Waals surface area contributed by atoms with E-state index in [-0.39, 0.29) is 12.6 Å². The zero-order valence-electron chi connectivity index (χ0n) is 13.8. The molecule has 1 aromatic rings. The SMILES string of the molecule is C[C@H](CCc1cccnc1NCCO)NC(=O)OC(C)(C)C. The second kappa shape index (κ2) is 8.58. The highest BCUT2D eigenvalue weighted by atomic mass is 16.6. The summed E-state index contributed by atoms with van der Waals surface area (Å²) in [4.78, 5) is 16.0. The Morgan fingerprint density at radius 2 is 2.18 bits per heavy atom. The van der Waals surface area contributed by atoms with Crippen LogP contribution in [0.15, 0.2) is 18.3 Å². The van der Waals surface area contributed by atoms with Gasteiger partial charge in [-0.1, -0.05) is 6.07 Å². The number of pyridine rings is 1. The van der Waals surface area contributed by atoms with Crippen molar-refractivity contribution in [1.29, 1.82) is 0 Å². The van der Waals surface area contributed by atoms with Gasteiger partial charge in [-0.2, -0.15) is 0 Å². The lowest BCUT2D eigenvalue weighted by Gasteiger charge is -2.22. The second-order valence-electron chi connectivity index (χ2n) is 6.25. The Kier molecular flexibility index (Phi) is 7.11. The maximum absolute atomic E-state index is 11.7. The van der Waals surface area contributed by atoms with E-state index in [0.717, 1.165) is 24.2 Å². The number of amides is 1. The first-order valence-corrected chi connectivity index (χ1v) is 7.60. The van der Waals surface area contributed by atoms with Crippen molar-refractivity contribution in [2.45, 2.75) is 52.2 Å². The van der Waals surface area contributed by atoms with Crippen LogP contribution in [0.2, 0.25) is 0 Å². The normalized spacial score (nSPS) is 12.6.